The first kappa shape index (κ1) is 30.9. The van der Waals surface area contributed by atoms with Crippen LogP contribution in [0.2, 0.25) is 0 Å². The van der Waals surface area contributed by atoms with Gasteiger partial charge in [0.2, 0.25) is 5.91 Å². The summed E-state index contributed by atoms with van der Waals surface area (Å²) in [6.07, 6.45) is 15.1. The molecule has 1 fully saturated rings. The molecule has 1 aliphatic carbocycles. The van der Waals surface area contributed by atoms with Crippen LogP contribution in [-0.4, -0.2) is 45.2 Å². The first-order chi connectivity index (χ1) is 23.4. The van der Waals surface area contributed by atoms with Gasteiger partial charge in [-0.25, -0.2) is 19.9 Å². The summed E-state index contributed by atoms with van der Waals surface area (Å²) in [5.74, 6) is 0.875. The van der Waals surface area contributed by atoms with Gasteiger partial charge in [0.05, 0.1) is 35.4 Å². The van der Waals surface area contributed by atoms with Crippen LogP contribution in [0.5, 0.6) is 0 Å². The zero-order chi connectivity index (χ0) is 33.0. The quantitative estimate of drug-likeness (QED) is 0.218. The molecule has 11 nitrogen and oxygen atoms in total. The number of imidazole rings is 1. The Morgan fingerprint density at radius 3 is 2.48 bits per heavy atom. The maximum Gasteiger partial charge on any atom is 0.229 e. The van der Waals surface area contributed by atoms with Gasteiger partial charge >= 0.3 is 0 Å². The summed E-state index contributed by atoms with van der Waals surface area (Å²) in [5.41, 5.74) is 7.06. The Kier molecular flexibility index (Phi) is 8.71. The number of amides is 1. The molecule has 48 heavy (non-hydrogen) atoms. The van der Waals surface area contributed by atoms with Crippen LogP contribution in [0.25, 0.3) is 33.5 Å². The second-order valence-electron chi connectivity index (χ2n) is 12.6. The highest BCUT2D eigenvalue weighted by atomic mass is 16.1. The number of nitrogens with zero attached hydrogens (tertiary/aromatic N) is 9. The number of benzene rings is 1. The average Bonchev–Trinajstić information content (AvgIpc) is 3.73. The van der Waals surface area contributed by atoms with Crippen molar-refractivity contribution in [3.05, 3.63) is 108 Å². The van der Waals surface area contributed by atoms with E-state index in [0.29, 0.717) is 36.0 Å². The minimum atomic E-state index is -0.357. The molecule has 1 saturated carbocycles. The second kappa shape index (κ2) is 13.5. The van der Waals surface area contributed by atoms with E-state index in [1.54, 1.807) is 23.4 Å². The van der Waals surface area contributed by atoms with E-state index in [-0.39, 0.29) is 17.7 Å². The lowest BCUT2D eigenvalue weighted by molar-refractivity contribution is -0.124. The van der Waals surface area contributed by atoms with E-state index >= 15 is 0 Å². The zero-order valence-corrected chi connectivity index (χ0v) is 27.0. The molecule has 0 spiro atoms. The summed E-state index contributed by atoms with van der Waals surface area (Å²) >= 11 is 0. The Hall–Kier alpha value is -5.76. The monoisotopic (exact) mass is 636 g/mol. The van der Waals surface area contributed by atoms with Crippen LogP contribution in [0, 0.1) is 23.2 Å². The predicted molar refractivity (Wildman–Crippen MR) is 181 cm³/mol. The molecule has 5 aromatic heterocycles. The van der Waals surface area contributed by atoms with Crippen LogP contribution >= 0.6 is 0 Å². The van der Waals surface area contributed by atoms with E-state index in [4.69, 9.17) is 9.97 Å². The molecule has 1 aromatic carbocycles. The number of rotatable bonds is 9. The number of pyridine rings is 2. The summed E-state index contributed by atoms with van der Waals surface area (Å²) in [7, 11) is 3.79. The summed E-state index contributed by atoms with van der Waals surface area (Å²) in [4.78, 5) is 37.0. The normalized spacial score (nSPS) is 16.8. The molecule has 6 aromatic rings. The maximum absolute atomic E-state index is 13.8. The van der Waals surface area contributed by atoms with Gasteiger partial charge in [-0.05, 0) is 55.2 Å². The average molecular weight is 637 g/mol. The number of aryl methyl sites for hydroxylation is 2. The number of fused-ring (bicyclic) bond motifs is 1. The molecular weight excluding hydrogens is 600 g/mol. The topological polar surface area (TPSA) is 140 Å². The molecule has 0 radical (unpaired) electrons. The fraction of sp³-hybridized carbons (Fsp3) is 0.297. The van der Waals surface area contributed by atoms with Crippen molar-refractivity contribution in [1.82, 2.24) is 44.6 Å². The van der Waals surface area contributed by atoms with Crippen molar-refractivity contribution in [2.45, 2.75) is 44.6 Å². The van der Waals surface area contributed by atoms with Gasteiger partial charge in [-0.1, -0.05) is 36.4 Å². The van der Waals surface area contributed by atoms with Gasteiger partial charge in [0.15, 0.2) is 5.65 Å². The molecule has 0 saturated heterocycles. The minimum absolute atomic E-state index is 0.00230. The van der Waals surface area contributed by atoms with Crippen molar-refractivity contribution in [1.29, 1.82) is 5.26 Å². The number of nitrogens with one attached hydrogen (secondary N) is 1. The second-order valence-corrected chi connectivity index (χ2v) is 12.6. The van der Waals surface area contributed by atoms with Crippen LogP contribution in [0.1, 0.15) is 54.2 Å². The summed E-state index contributed by atoms with van der Waals surface area (Å²) < 4.78 is 3.63. The standard InChI is InChI=1S/C37H36N10O/c1-46-23-43-32-15-28(19-41-36(32)46)35-29(16-38)20-40-33(45-35)14-24-8-10-26(11-9-24)34(37(48)42-17-25-6-4-3-5-7-25)31-13-12-27(18-39-31)30-21-44-47(2)22-30/h3-7,12-13,15,18-24,26,34H,8-11,14,17H2,1-2H3,(H,42,48). The molecule has 1 N–H and O–H groups in total. The molecule has 240 valence electrons. The molecule has 7 rings (SSSR count). The lowest BCUT2D eigenvalue weighted by atomic mass is 9.73. The number of hydrogen-bond acceptors (Lipinski definition) is 8. The Labute approximate surface area is 278 Å². The fourth-order valence-corrected chi connectivity index (χ4v) is 6.76. The Morgan fingerprint density at radius 2 is 1.75 bits per heavy atom. The number of carbonyl (C=O) groups is 1. The van der Waals surface area contributed by atoms with Crippen LogP contribution in [0.4, 0.5) is 0 Å². The van der Waals surface area contributed by atoms with Crippen molar-refractivity contribution < 1.29 is 4.79 Å². The van der Waals surface area contributed by atoms with Crippen molar-refractivity contribution in [2.24, 2.45) is 25.9 Å². The van der Waals surface area contributed by atoms with E-state index in [9.17, 15) is 10.1 Å². The van der Waals surface area contributed by atoms with Gasteiger partial charge < -0.3 is 9.88 Å². The number of carbonyl (C=O) groups excluding carboxylic acids is 1. The lowest BCUT2D eigenvalue weighted by Crippen LogP contribution is -2.35. The van der Waals surface area contributed by atoms with Crippen molar-refractivity contribution in [2.75, 3.05) is 0 Å². The molecule has 1 aliphatic rings. The lowest BCUT2D eigenvalue weighted by Gasteiger charge is -2.33. The van der Waals surface area contributed by atoms with Gasteiger partial charge in [-0.3, -0.25) is 14.5 Å². The SMILES string of the molecule is Cn1cc(-c2ccc(C(C(=O)NCc3ccccc3)C3CCC(Cc4ncc(C#N)c(-c5cnc6c(c5)ncn6C)n4)CC3)nc2)cn1. The predicted octanol–water partition coefficient (Wildman–Crippen LogP) is 5.54. The van der Waals surface area contributed by atoms with E-state index in [0.717, 1.165) is 64.8 Å². The maximum atomic E-state index is 13.8. The molecule has 1 atom stereocenters. The Morgan fingerprint density at radius 1 is 0.938 bits per heavy atom. The van der Waals surface area contributed by atoms with Gasteiger partial charge in [0, 0.05) is 68.5 Å². The highest BCUT2D eigenvalue weighted by molar-refractivity contribution is 5.83. The minimum Gasteiger partial charge on any atom is -0.351 e. The van der Waals surface area contributed by atoms with Crippen molar-refractivity contribution in [3.63, 3.8) is 0 Å². The van der Waals surface area contributed by atoms with Crippen molar-refractivity contribution in [3.8, 4) is 28.5 Å². The highest BCUT2D eigenvalue weighted by Crippen LogP contribution is 2.39. The van der Waals surface area contributed by atoms with Gasteiger partial charge in [0.25, 0.3) is 0 Å². The number of hydrogen-bond donors (Lipinski definition) is 1. The molecular formula is C37H36N10O. The third-order valence-electron chi connectivity index (χ3n) is 9.35. The largest absolute Gasteiger partial charge is 0.351 e. The van der Waals surface area contributed by atoms with Crippen LogP contribution in [0.15, 0.2) is 85.8 Å². The number of nitriles is 1. The van der Waals surface area contributed by atoms with E-state index in [1.807, 2.05) is 85.8 Å². The third kappa shape index (κ3) is 6.55. The summed E-state index contributed by atoms with van der Waals surface area (Å²) in [5, 5.41) is 17.3. The Balaban J connectivity index is 1.07. The van der Waals surface area contributed by atoms with E-state index in [1.165, 1.54) is 0 Å². The van der Waals surface area contributed by atoms with E-state index in [2.05, 4.69) is 31.4 Å². The van der Waals surface area contributed by atoms with Crippen LogP contribution in [-0.2, 0) is 31.9 Å². The number of aromatic nitrogens is 8. The molecule has 1 amide bonds. The fourth-order valence-electron chi connectivity index (χ4n) is 6.76. The molecule has 5 heterocycles. The molecule has 11 heteroatoms. The highest BCUT2D eigenvalue weighted by Gasteiger charge is 2.34. The van der Waals surface area contributed by atoms with E-state index < -0.39 is 0 Å². The zero-order valence-electron chi connectivity index (χ0n) is 27.0. The molecule has 0 aliphatic heterocycles. The Bertz CT molecular complexity index is 2090. The van der Waals surface area contributed by atoms with Crippen LogP contribution in [0.3, 0.4) is 0 Å². The first-order valence-electron chi connectivity index (χ1n) is 16.2. The molecule has 0 bridgehead atoms. The summed E-state index contributed by atoms with van der Waals surface area (Å²) in [6.45, 7) is 0.473. The van der Waals surface area contributed by atoms with Gasteiger partial charge in [0.1, 0.15) is 17.4 Å². The van der Waals surface area contributed by atoms with Gasteiger partial charge in [-0.15, -0.1) is 0 Å². The molecule has 1 unspecified atom stereocenters. The summed E-state index contributed by atoms with van der Waals surface area (Å²) in [6, 6.07) is 18.1. The van der Waals surface area contributed by atoms with Crippen molar-refractivity contribution >= 4 is 17.1 Å². The van der Waals surface area contributed by atoms with Gasteiger partial charge in [-0.2, -0.15) is 10.4 Å². The van der Waals surface area contributed by atoms with Crippen LogP contribution < -0.4 is 5.32 Å². The first-order valence-corrected chi connectivity index (χ1v) is 16.2. The smallest absolute Gasteiger partial charge is 0.229 e. The third-order valence-corrected chi connectivity index (χ3v) is 9.35.